The molecule has 0 fully saturated rings. The molecule has 0 aliphatic rings. The van der Waals surface area contributed by atoms with E-state index < -0.39 is 23.6 Å². The average Bonchev–Trinajstić information content (AvgIpc) is 2.34. The molecule has 1 atom stereocenters. The third-order valence-corrected chi connectivity index (χ3v) is 11.5. The van der Waals surface area contributed by atoms with Crippen molar-refractivity contribution in [3.8, 4) is 0 Å². The van der Waals surface area contributed by atoms with E-state index in [1.807, 2.05) is 0 Å². The van der Waals surface area contributed by atoms with Crippen molar-refractivity contribution in [3.05, 3.63) is 35.4 Å². The van der Waals surface area contributed by atoms with E-state index in [9.17, 15) is 10.0 Å². The van der Waals surface area contributed by atoms with Crippen LogP contribution in [0.1, 0.15) is 18.1 Å². The fourth-order valence-corrected chi connectivity index (χ4v) is 14.0. The Morgan fingerprint density at radius 2 is 1.50 bits per heavy atom. The van der Waals surface area contributed by atoms with Gasteiger partial charge >= 0.3 is 7.12 Å². The van der Waals surface area contributed by atoms with Gasteiger partial charge in [0, 0.05) is 5.94 Å². The Morgan fingerprint density at radius 1 is 1.00 bits per heavy atom. The summed E-state index contributed by atoms with van der Waals surface area (Å²) in [6.07, 6.45) is 1.70. The molecule has 1 aromatic carbocycles. The van der Waals surface area contributed by atoms with Crippen LogP contribution in [0.2, 0.25) is 39.3 Å². The summed E-state index contributed by atoms with van der Waals surface area (Å²) in [7, 11) is -4.60. The second-order valence-electron chi connectivity index (χ2n) is 8.07. The zero-order valence-electron chi connectivity index (χ0n) is 15.2. The van der Waals surface area contributed by atoms with Gasteiger partial charge in [-0.2, -0.15) is 0 Å². The topological polar surface area (TPSA) is 43.7 Å². The van der Waals surface area contributed by atoms with E-state index >= 15 is 0 Å². The van der Waals surface area contributed by atoms with E-state index in [4.69, 9.17) is 0 Å². The molecule has 0 aliphatic heterocycles. The molecule has 124 valence electrons. The van der Waals surface area contributed by atoms with E-state index in [0.29, 0.717) is 6.42 Å². The first-order valence-electron chi connectivity index (χ1n) is 8.20. The monoisotopic (exact) mass is 337 g/mol. The normalized spacial score (nSPS) is 14.3. The Hall–Kier alpha value is -0.401. The number of hydrogen-bond donors (Lipinski definition) is 2. The molecule has 0 bridgehead atoms. The second-order valence-corrected chi connectivity index (χ2v) is 18.2. The second kappa shape index (κ2) is 7.45. The first kappa shape index (κ1) is 19.6. The minimum atomic E-state index is -1.65. The van der Waals surface area contributed by atoms with E-state index in [-0.39, 0.29) is 5.94 Å². The van der Waals surface area contributed by atoms with Crippen LogP contribution in [0, 0.1) is 0 Å². The van der Waals surface area contributed by atoms with Gasteiger partial charge in [-0.05, 0) is 24.0 Å². The van der Waals surface area contributed by atoms with Crippen molar-refractivity contribution in [3.63, 3.8) is 0 Å². The van der Waals surface area contributed by atoms with Crippen molar-refractivity contribution in [2.24, 2.45) is 0 Å². The van der Waals surface area contributed by atoms with Crippen LogP contribution >= 0.6 is 0 Å². The summed E-state index contributed by atoms with van der Waals surface area (Å²) in [6, 6.07) is 8.49. The number of benzene rings is 1. The predicted molar refractivity (Wildman–Crippen MR) is 102 cm³/mol. The molecule has 3 nitrogen and oxygen atoms in total. The molecule has 0 radical (unpaired) electrons. The van der Waals surface area contributed by atoms with Gasteiger partial charge in [0.15, 0.2) is 0 Å². The van der Waals surface area contributed by atoms with E-state index in [2.05, 4.69) is 74.7 Å². The van der Waals surface area contributed by atoms with Crippen LogP contribution in [0.4, 0.5) is 0 Å². The van der Waals surface area contributed by atoms with Gasteiger partial charge in [-0.3, -0.25) is 0 Å². The van der Waals surface area contributed by atoms with Gasteiger partial charge in [0.1, 0.15) is 16.5 Å². The Bertz CT molecular complexity index is 470. The van der Waals surface area contributed by atoms with Crippen molar-refractivity contribution >= 4 is 23.6 Å². The molecule has 0 saturated carbocycles. The average molecular weight is 337 g/mol. The standard InChI is InChI=1S/C16H32BNO2Si2/c1-8-14-10-9-11-15(12-14)13-16(17(19)20)18(21(2,3)4)22(5,6)7/h9-12,16,19-20H,8,13H2,1-7H3/t16-/m0/s1. The summed E-state index contributed by atoms with van der Waals surface area (Å²) >= 11 is 0. The number of aryl methyl sites for hydroxylation is 1. The fraction of sp³-hybridized carbons (Fsp3) is 0.625. The summed E-state index contributed by atoms with van der Waals surface area (Å²) in [4.78, 5) is 0. The number of nitrogens with zero attached hydrogens (tertiary/aromatic N) is 1. The van der Waals surface area contributed by atoms with E-state index in [1.165, 1.54) is 11.1 Å². The maximum atomic E-state index is 10.1. The van der Waals surface area contributed by atoms with Crippen molar-refractivity contribution in [1.29, 1.82) is 0 Å². The zero-order valence-corrected chi connectivity index (χ0v) is 17.2. The maximum absolute atomic E-state index is 10.1. The molecule has 22 heavy (non-hydrogen) atoms. The predicted octanol–water partition coefficient (Wildman–Crippen LogP) is 3.14. The molecule has 6 heteroatoms. The Balaban J connectivity index is 3.15. The molecule has 1 rings (SSSR count). The Labute approximate surface area is 138 Å². The SMILES string of the molecule is CCc1cccc(C[C@@H](B(O)O)N([Si](C)(C)C)[Si](C)(C)C)c1. The van der Waals surface area contributed by atoms with Gasteiger partial charge < -0.3 is 14.3 Å². The number of hydrogen-bond acceptors (Lipinski definition) is 3. The largest absolute Gasteiger partial charge is 0.468 e. The van der Waals surface area contributed by atoms with Crippen LogP contribution in [0.25, 0.3) is 0 Å². The molecular weight excluding hydrogens is 305 g/mol. The summed E-state index contributed by atoms with van der Waals surface area (Å²) in [5, 5.41) is 20.1. The zero-order chi connectivity index (χ0) is 17.1. The Kier molecular flexibility index (Phi) is 6.65. The van der Waals surface area contributed by atoms with Crippen LogP contribution < -0.4 is 0 Å². The molecule has 0 unspecified atom stereocenters. The van der Waals surface area contributed by atoms with Gasteiger partial charge in [0.2, 0.25) is 0 Å². The van der Waals surface area contributed by atoms with Crippen LogP contribution in [0.15, 0.2) is 24.3 Å². The molecule has 0 aliphatic carbocycles. The molecular formula is C16H32BNO2Si2. The minimum absolute atomic E-state index is 0.217. The summed E-state index contributed by atoms with van der Waals surface area (Å²) in [5.74, 6) is -0.217. The quantitative estimate of drug-likeness (QED) is 0.751. The maximum Gasteiger partial charge on any atom is 0.468 e. The third kappa shape index (κ3) is 5.35. The van der Waals surface area contributed by atoms with Gasteiger partial charge in [-0.15, -0.1) is 0 Å². The lowest BCUT2D eigenvalue weighted by molar-refractivity contribution is 0.348. The highest BCUT2D eigenvalue weighted by Gasteiger charge is 2.43. The lowest BCUT2D eigenvalue weighted by Gasteiger charge is -2.48. The smallest absolute Gasteiger partial charge is 0.426 e. The van der Waals surface area contributed by atoms with Gasteiger partial charge in [0.25, 0.3) is 0 Å². The molecule has 0 spiro atoms. The minimum Gasteiger partial charge on any atom is -0.426 e. The van der Waals surface area contributed by atoms with Crippen molar-refractivity contribution in [2.75, 3.05) is 0 Å². The lowest BCUT2D eigenvalue weighted by Crippen LogP contribution is -2.67. The highest BCUT2D eigenvalue weighted by Crippen LogP contribution is 2.26. The van der Waals surface area contributed by atoms with Gasteiger partial charge in [-0.25, -0.2) is 0 Å². The van der Waals surface area contributed by atoms with Gasteiger partial charge in [-0.1, -0.05) is 70.5 Å². The van der Waals surface area contributed by atoms with Crippen LogP contribution in [0.5, 0.6) is 0 Å². The highest BCUT2D eigenvalue weighted by molar-refractivity contribution is 6.90. The van der Waals surface area contributed by atoms with E-state index in [1.54, 1.807) is 0 Å². The van der Waals surface area contributed by atoms with Crippen molar-refractivity contribution in [2.45, 2.75) is 65.0 Å². The summed E-state index contributed by atoms with van der Waals surface area (Å²) < 4.78 is 2.49. The molecule has 2 N–H and O–H groups in total. The third-order valence-electron chi connectivity index (χ3n) is 3.97. The Morgan fingerprint density at radius 3 is 1.91 bits per heavy atom. The molecule has 0 aromatic heterocycles. The first-order chi connectivity index (χ1) is 9.96. The summed E-state index contributed by atoms with van der Waals surface area (Å²) in [5.41, 5.74) is 2.50. The first-order valence-corrected chi connectivity index (χ1v) is 15.1. The van der Waals surface area contributed by atoms with Crippen LogP contribution in [0.3, 0.4) is 0 Å². The molecule has 0 saturated heterocycles. The highest BCUT2D eigenvalue weighted by atomic mass is 28.4. The fourth-order valence-electron chi connectivity index (χ4n) is 3.55. The molecule has 0 heterocycles. The lowest BCUT2D eigenvalue weighted by atomic mass is 9.76. The van der Waals surface area contributed by atoms with Gasteiger partial charge in [0.05, 0.1) is 0 Å². The van der Waals surface area contributed by atoms with Crippen molar-refractivity contribution in [1.82, 2.24) is 4.23 Å². The molecule has 0 amide bonds. The summed E-state index contributed by atoms with van der Waals surface area (Å²) in [6.45, 7) is 15.9. The molecule has 1 aromatic rings. The number of rotatable bonds is 7. The van der Waals surface area contributed by atoms with Crippen LogP contribution in [-0.4, -0.2) is 43.8 Å². The van der Waals surface area contributed by atoms with E-state index in [0.717, 1.165) is 6.42 Å². The van der Waals surface area contributed by atoms with Crippen LogP contribution in [-0.2, 0) is 12.8 Å². The van der Waals surface area contributed by atoms with Crippen molar-refractivity contribution < 1.29 is 10.0 Å².